The highest BCUT2D eigenvalue weighted by molar-refractivity contribution is 5.08. The monoisotopic (exact) mass is 189 g/mol. The second-order valence-electron chi connectivity index (χ2n) is 2.92. The highest BCUT2D eigenvalue weighted by atomic mass is 19.3. The van der Waals surface area contributed by atoms with Crippen LogP contribution in [0, 0.1) is 6.92 Å². The Morgan fingerprint density at radius 3 is 2.77 bits per heavy atom. The molecule has 0 aromatic carbocycles. The quantitative estimate of drug-likeness (QED) is 0.768. The molecule has 0 radical (unpaired) electrons. The van der Waals surface area contributed by atoms with Crippen LogP contribution in [0.1, 0.15) is 11.4 Å². The van der Waals surface area contributed by atoms with Gasteiger partial charge in [-0.25, -0.2) is 8.78 Å². The molecule has 1 aromatic rings. The lowest BCUT2D eigenvalue weighted by Crippen LogP contribution is -2.21. The molecule has 13 heavy (non-hydrogen) atoms. The van der Waals surface area contributed by atoms with Gasteiger partial charge in [0.1, 0.15) is 0 Å². The normalized spacial score (nSPS) is 11.2. The maximum atomic E-state index is 11.8. The third-order valence-electron chi connectivity index (χ3n) is 1.70. The van der Waals surface area contributed by atoms with Crippen LogP contribution in [0.4, 0.5) is 8.78 Å². The minimum atomic E-state index is -2.30. The van der Waals surface area contributed by atoms with Crippen LogP contribution in [0.5, 0.6) is 0 Å². The SMILES string of the molecule is Cc1cc(CNCC(F)F)n(C)n1. The number of nitrogens with one attached hydrogen (secondary N) is 1. The lowest BCUT2D eigenvalue weighted by atomic mass is 10.3. The van der Waals surface area contributed by atoms with Crippen molar-refractivity contribution < 1.29 is 8.78 Å². The maximum absolute atomic E-state index is 11.8. The Morgan fingerprint density at radius 2 is 2.31 bits per heavy atom. The number of nitrogens with zero attached hydrogens (tertiary/aromatic N) is 2. The van der Waals surface area contributed by atoms with E-state index in [-0.39, 0.29) is 6.54 Å². The van der Waals surface area contributed by atoms with Crippen LogP contribution in [0.25, 0.3) is 0 Å². The van der Waals surface area contributed by atoms with E-state index in [2.05, 4.69) is 10.4 Å². The van der Waals surface area contributed by atoms with E-state index in [4.69, 9.17) is 0 Å². The number of alkyl halides is 2. The molecule has 1 aromatic heterocycles. The molecule has 3 nitrogen and oxygen atoms in total. The van der Waals surface area contributed by atoms with Crippen molar-refractivity contribution in [3.05, 3.63) is 17.5 Å². The van der Waals surface area contributed by atoms with Gasteiger partial charge in [-0.3, -0.25) is 4.68 Å². The standard InChI is InChI=1S/C8H13F2N3/c1-6-3-7(13(2)12-6)4-11-5-8(9)10/h3,8,11H,4-5H2,1-2H3. The average molecular weight is 189 g/mol. The van der Waals surface area contributed by atoms with Crippen molar-refractivity contribution in [2.75, 3.05) is 6.54 Å². The molecular weight excluding hydrogens is 176 g/mol. The van der Waals surface area contributed by atoms with Crippen LogP contribution in [0.3, 0.4) is 0 Å². The summed E-state index contributed by atoms with van der Waals surface area (Å²) in [6.07, 6.45) is -2.30. The van der Waals surface area contributed by atoms with Crippen molar-refractivity contribution >= 4 is 0 Å². The molecule has 0 saturated heterocycles. The fourth-order valence-electron chi connectivity index (χ4n) is 1.14. The zero-order valence-electron chi connectivity index (χ0n) is 7.72. The number of hydrogen-bond acceptors (Lipinski definition) is 2. The largest absolute Gasteiger partial charge is 0.306 e. The molecule has 0 amide bonds. The van der Waals surface area contributed by atoms with Gasteiger partial charge in [-0.05, 0) is 13.0 Å². The van der Waals surface area contributed by atoms with E-state index in [1.807, 2.05) is 13.0 Å². The Balaban J connectivity index is 2.40. The van der Waals surface area contributed by atoms with E-state index in [1.54, 1.807) is 11.7 Å². The third-order valence-corrected chi connectivity index (χ3v) is 1.70. The minimum absolute atomic E-state index is 0.274. The van der Waals surface area contributed by atoms with Gasteiger partial charge in [0.25, 0.3) is 6.43 Å². The summed E-state index contributed by atoms with van der Waals surface area (Å²) in [5.74, 6) is 0. The Bertz CT molecular complexity index is 270. The van der Waals surface area contributed by atoms with Gasteiger partial charge in [0, 0.05) is 13.6 Å². The number of rotatable bonds is 4. The molecule has 0 saturated carbocycles. The minimum Gasteiger partial charge on any atom is -0.306 e. The molecule has 0 unspecified atom stereocenters. The highest BCUT2D eigenvalue weighted by Crippen LogP contribution is 2.01. The van der Waals surface area contributed by atoms with E-state index in [0.29, 0.717) is 6.54 Å². The zero-order chi connectivity index (χ0) is 9.84. The van der Waals surface area contributed by atoms with Crippen molar-refractivity contribution in [2.45, 2.75) is 19.9 Å². The van der Waals surface area contributed by atoms with Gasteiger partial charge in [0.05, 0.1) is 17.9 Å². The van der Waals surface area contributed by atoms with Gasteiger partial charge in [0.15, 0.2) is 0 Å². The molecule has 74 valence electrons. The lowest BCUT2D eigenvalue weighted by molar-refractivity contribution is 0.145. The summed E-state index contributed by atoms with van der Waals surface area (Å²) in [6.45, 7) is 2.03. The molecule has 0 aliphatic carbocycles. The van der Waals surface area contributed by atoms with E-state index in [9.17, 15) is 8.78 Å². The first-order chi connectivity index (χ1) is 6.09. The number of aromatic nitrogens is 2. The zero-order valence-corrected chi connectivity index (χ0v) is 7.72. The average Bonchev–Trinajstić information content (AvgIpc) is 2.29. The Labute approximate surface area is 75.7 Å². The molecule has 0 bridgehead atoms. The fraction of sp³-hybridized carbons (Fsp3) is 0.625. The molecule has 0 atom stereocenters. The van der Waals surface area contributed by atoms with Crippen LogP contribution in [-0.2, 0) is 13.6 Å². The van der Waals surface area contributed by atoms with Crippen molar-refractivity contribution in [1.29, 1.82) is 0 Å². The summed E-state index contributed by atoms with van der Waals surface area (Å²) in [5.41, 5.74) is 1.81. The summed E-state index contributed by atoms with van der Waals surface area (Å²) in [5, 5.41) is 6.74. The van der Waals surface area contributed by atoms with Gasteiger partial charge in [-0.1, -0.05) is 0 Å². The first kappa shape index (κ1) is 10.1. The first-order valence-electron chi connectivity index (χ1n) is 4.08. The smallest absolute Gasteiger partial charge is 0.250 e. The maximum Gasteiger partial charge on any atom is 0.250 e. The van der Waals surface area contributed by atoms with Crippen molar-refractivity contribution in [2.24, 2.45) is 7.05 Å². The Hall–Kier alpha value is -0.970. The van der Waals surface area contributed by atoms with Crippen LogP contribution < -0.4 is 5.32 Å². The van der Waals surface area contributed by atoms with Gasteiger partial charge >= 0.3 is 0 Å². The lowest BCUT2D eigenvalue weighted by Gasteiger charge is -2.03. The van der Waals surface area contributed by atoms with Crippen LogP contribution in [0.2, 0.25) is 0 Å². The molecule has 0 aliphatic rings. The van der Waals surface area contributed by atoms with E-state index in [0.717, 1.165) is 11.4 Å². The summed E-state index contributed by atoms with van der Waals surface area (Å²) >= 11 is 0. The van der Waals surface area contributed by atoms with Crippen LogP contribution in [-0.4, -0.2) is 22.8 Å². The van der Waals surface area contributed by atoms with E-state index >= 15 is 0 Å². The molecule has 1 N–H and O–H groups in total. The second-order valence-corrected chi connectivity index (χ2v) is 2.92. The van der Waals surface area contributed by atoms with Crippen molar-refractivity contribution in [3.8, 4) is 0 Å². The molecule has 1 heterocycles. The number of hydrogen-bond donors (Lipinski definition) is 1. The fourth-order valence-corrected chi connectivity index (χ4v) is 1.14. The van der Waals surface area contributed by atoms with Crippen LogP contribution >= 0.6 is 0 Å². The first-order valence-corrected chi connectivity index (χ1v) is 4.08. The summed E-state index contributed by atoms with van der Waals surface area (Å²) in [4.78, 5) is 0. The van der Waals surface area contributed by atoms with Gasteiger partial charge < -0.3 is 5.32 Å². The Kier molecular flexibility index (Phi) is 3.36. The molecule has 5 heteroatoms. The van der Waals surface area contributed by atoms with Crippen molar-refractivity contribution in [3.63, 3.8) is 0 Å². The Morgan fingerprint density at radius 1 is 1.62 bits per heavy atom. The van der Waals surface area contributed by atoms with Crippen LogP contribution in [0.15, 0.2) is 6.07 Å². The molecule has 1 rings (SSSR count). The molecule has 0 aliphatic heterocycles. The topological polar surface area (TPSA) is 29.9 Å². The highest BCUT2D eigenvalue weighted by Gasteiger charge is 2.04. The predicted molar refractivity (Wildman–Crippen MR) is 45.7 cm³/mol. The molecule has 0 spiro atoms. The van der Waals surface area contributed by atoms with Gasteiger partial charge in [0.2, 0.25) is 0 Å². The predicted octanol–water partition coefficient (Wildman–Crippen LogP) is 1.08. The molecular formula is C8H13F2N3. The van der Waals surface area contributed by atoms with Gasteiger partial charge in [-0.2, -0.15) is 5.10 Å². The van der Waals surface area contributed by atoms with E-state index in [1.165, 1.54) is 0 Å². The molecule has 0 fully saturated rings. The van der Waals surface area contributed by atoms with Crippen molar-refractivity contribution in [1.82, 2.24) is 15.1 Å². The summed E-state index contributed by atoms with van der Waals surface area (Å²) in [7, 11) is 1.80. The second kappa shape index (κ2) is 4.32. The van der Waals surface area contributed by atoms with Gasteiger partial charge in [-0.15, -0.1) is 0 Å². The third kappa shape index (κ3) is 3.10. The summed E-state index contributed by atoms with van der Waals surface area (Å²) in [6, 6.07) is 1.87. The van der Waals surface area contributed by atoms with E-state index < -0.39 is 6.43 Å². The number of halogens is 2. The summed E-state index contributed by atoms with van der Waals surface area (Å²) < 4.78 is 25.2. The number of aryl methyl sites for hydroxylation is 2.